The van der Waals surface area contributed by atoms with Crippen LogP contribution in [0, 0.1) is 0 Å². The summed E-state index contributed by atoms with van der Waals surface area (Å²) in [4.78, 5) is 29.5. The van der Waals surface area contributed by atoms with Crippen LogP contribution in [0.2, 0.25) is 0 Å². The third-order valence-electron chi connectivity index (χ3n) is 3.42. The van der Waals surface area contributed by atoms with Crippen molar-refractivity contribution in [2.75, 3.05) is 39.3 Å². The van der Waals surface area contributed by atoms with Crippen molar-refractivity contribution in [1.29, 1.82) is 0 Å². The van der Waals surface area contributed by atoms with Gasteiger partial charge in [0.1, 0.15) is 0 Å². The summed E-state index contributed by atoms with van der Waals surface area (Å²) in [6.07, 6.45) is 0. The molecule has 1 heterocycles. The number of carbonyl (C=O) groups excluding carboxylic acids is 2. The maximum Gasteiger partial charge on any atom is 0.320 e. The molecule has 0 aromatic heterocycles. The number of hydrogen-bond acceptors (Lipinski definition) is 3. The van der Waals surface area contributed by atoms with E-state index in [2.05, 4.69) is 0 Å². The Morgan fingerprint density at radius 2 is 1.45 bits per heavy atom. The lowest BCUT2D eigenvalue weighted by molar-refractivity contribution is -0.137. The summed E-state index contributed by atoms with van der Waals surface area (Å²) in [6, 6.07) is 0.0594. The second-order valence-corrected chi connectivity index (χ2v) is 5.46. The summed E-state index contributed by atoms with van der Waals surface area (Å²) in [5, 5.41) is 0. The minimum atomic E-state index is -0.842. The van der Waals surface area contributed by atoms with Gasteiger partial charge in [-0.3, -0.25) is 4.79 Å². The molecule has 0 unspecified atom stereocenters. The Morgan fingerprint density at radius 3 is 1.80 bits per heavy atom. The van der Waals surface area contributed by atoms with Crippen molar-refractivity contribution in [3.63, 3.8) is 0 Å². The van der Waals surface area contributed by atoms with Gasteiger partial charge in [-0.25, -0.2) is 4.79 Å². The van der Waals surface area contributed by atoms with Crippen LogP contribution in [0.25, 0.3) is 0 Å². The molecule has 1 aliphatic rings. The van der Waals surface area contributed by atoms with E-state index in [1.54, 1.807) is 28.5 Å². The third kappa shape index (κ3) is 4.52. The Hall–Kier alpha value is -1.01. The number of urea groups is 1. The van der Waals surface area contributed by atoms with Crippen molar-refractivity contribution in [3.05, 3.63) is 0 Å². The van der Waals surface area contributed by atoms with Crippen LogP contribution in [0.1, 0.15) is 27.7 Å². The number of piperazine rings is 1. The molecular formula is C13H27ClN4O2. The van der Waals surface area contributed by atoms with E-state index in [4.69, 9.17) is 5.73 Å². The average molecular weight is 307 g/mol. The first-order chi connectivity index (χ1) is 8.81. The fraction of sp³-hybridized carbons (Fsp3) is 0.846. The first kappa shape index (κ1) is 19.0. The van der Waals surface area contributed by atoms with Gasteiger partial charge in [0.15, 0.2) is 0 Å². The van der Waals surface area contributed by atoms with Crippen molar-refractivity contribution in [1.82, 2.24) is 14.7 Å². The molecule has 1 aliphatic heterocycles. The van der Waals surface area contributed by atoms with Gasteiger partial charge in [0, 0.05) is 39.3 Å². The number of nitrogens with zero attached hydrogens (tertiary/aromatic N) is 3. The van der Waals surface area contributed by atoms with Gasteiger partial charge in [-0.15, -0.1) is 12.4 Å². The van der Waals surface area contributed by atoms with E-state index in [1.807, 2.05) is 13.8 Å². The van der Waals surface area contributed by atoms with Gasteiger partial charge in [-0.2, -0.15) is 0 Å². The standard InChI is InChI=1S/C13H26N4O2.ClH/c1-5-15(6-2)12(19)17-9-7-16(8-10-17)11(18)13(3,4)14;/h5-10,14H2,1-4H3;1H. The summed E-state index contributed by atoms with van der Waals surface area (Å²) in [5.41, 5.74) is 4.97. The van der Waals surface area contributed by atoms with Gasteiger partial charge in [0.25, 0.3) is 0 Å². The SMILES string of the molecule is CCN(CC)C(=O)N1CCN(C(=O)C(C)(C)N)CC1.Cl. The number of rotatable bonds is 3. The smallest absolute Gasteiger partial charge is 0.320 e. The zero-order valence-electron chi connectivity index (χ0n) is 12.9. The lowest BCUT2D eigenvalue weighted by Crippen LogP contribution is -2.59. The van der Waals surface area contributed by atoms with Crippen LogP contribution in [-0.2, 0) is 4.79 Å². The molecular weight excluding hydrogens is 280 g/mol. The Balaban J connectivity index is 0.00000361. The van der Waals surface area contributed by atoms with Crippen molar-refractivity contribution in [2.45, 2.75) is 33.2 Å². The lowest BCUT2D eigenvalue weighted by atomic mass is 10.1. The van der Waals surface area contributed by atoms with Crippen LogP contribution in [0.15, 0.2) is 0 Å². The number of halogens is 1. The summed E-state index contributed by atoms with van der Waals surface area (Å²) in [7, 11) is 0. The van der Waals surface area contributed by atoms with Gasteiger partial charge in [-0.1, -0.05) is 0 Å². The second-order valence-electron chi connectivity index (χ2n) is 5.46. The van der Waals surface area contributed by atoms with Crippen LogP contribution < -0.4 is 5.73 Å². The molecule has 0 spiro atoms. The van der Waals surface area contributed by atoms with Crippen molar-refractivity contribution >= 4 is 24.3 Å². The molecule has 0 aromatic rings. The van der Waals surface area contributed by atoms with Crippen molar-refractivity contribution in [3.8, 4) is 0 Å². The zero-order valence-corrected chi connectivity index (χ0v) is 13.7. The first-order valence-electron chi connectivity index (χ1n) is 6.93. The molecule has 1 saturated heterocycles. The molecule has 0 saturated carbocycles. The number of amides is 3. The highest BCUT2D eigenvalue weighted by molar-refractivity contribution is 5.85. The normalized spacial score (nSPS) is 15.7. The predicted molar refractivity (Wildman–Crippen MR) is 82.0 cm³/mol. The van der Waals surface area contributed by atoms with E-state index in [0.717, 1.165) is 0 Å². The maximum absolute atomic E-state index is 12.2. The summed E-state index contributed by atoms with van der Waals surface area (Å²) in [6.45, 7) is 11.1. The van der Waals surface area contributed by atoms with Crippen LogP contribution >= 0.6 is 12.4 Å². The van der Waals surface area contributed by atoms with Crippen molar-refractivity contribution in [2.24, 2.45) is 5.73 Å². The van der Waals surface area contributed by atoms with E-state index >= 15 is 0 Å². The molecule has 0 atom stereocenters. The number of hydrogen-bond donors (Lipinski definition) is 1. The minimum absolute atomic E-state index is 0. The van der Waals surface area contributed by atoms with Gasteiger partial charge in [-0.05, 0) is 27.7 Å². The molecule has 0 bridgehead atoms. The van der Waals surface area contributed by atoms with E-state index < -0.39 is 5.54 Å². The highest BCUT2D eigenvalue weighted by atomic mass is 35.5. The molecule has 7 heteroatoms. The van der Waals surface area contributed by atoms with E-state index in [0.29, 0.717) is 39.3 Å². The maximum atomic E-state index is 12.2. The average Bonchev–Trinajstić information content (AvgIpc) is 2.38. The number of nitrogens with two attached hydrogens (primary N) is 1. The zero-order chi connectivity index (χ0) is 14.6. The lowest BCUT2D eigenvalue weighted by Gasteiger charge is -2.39. The molecule has 0 aliphatic carbocycles. The fourth-order valence-corrected chi connectivity index (χ4v) is 2.20. The quantitative estimate of drug-likeness (QED) is 0.836. The van der Waals surface area contributed by atoms with E-state index in [-0.39, 0.29) is 24.3 Å². The van der Waals surface area contributed by atoms with Gasteiger partial charge in [0.05, 0.1) is 5.54 Å². The highest BCUT2D eigenvalue weighted by Crippen LogP contribution is 2.10. The second kappa shape index (κ2) is 7.69. The Kier molecular flexibility index (Phi) is 7.30. The Bertz CT molecular complexity index is 332. The monoisotopic (exact) mass is 306 g/mol. The minimum Gasteiger partial charge on any atom is -0.338 e. The Morgan fingerprint density at radius 1 is 1.05 bits per heavy atom. The third-order valence-corrected chi connectivity index (χ3v) is 3.42. The van der Waals surface area contributed by atoms with Crippen LogP contribution in [-0.4, -0.2) is 71.4 Å². The molecule has 3 amide bonds. The predicted octanol–water partition coefficient (Wildman–Crippen LogP) is 0.752. The van der Waals surface area contributed by atoms with E-state index in [9.17, 15) is 9.59 Å². The summed E-state index contributed by atoms with van der Waals surface area (Å²) < 4.78 is 0. The molecule has 6 nitrogen and oxygen atoms in total. The van der Waals surface area contributed by atoms with E-state index in [1.165, 1.54) is 0 Å². The first-order valence-corrected chi connectivity index (χ1v) is 6.93. The fourth-order valence-electron chi connectivity index (χ4n) is 2.20. The van der Waals surface area contributed by atoms with Crippen LogP contribution in [0.5, 0.6) is 0 Å². The van der Waals surface area contributed by atoms with Gasteiger partial charge in [0.2, 0.25) is 5.91 Å². The van der Waals surface area contributed by atoms with Gasteiger partial charge >= 0.3 is 6.03 Å². The molecule has 2 N–H and O–H groups in total. The van der Waals surface area contributed by atoms with Gasteiger partial charge < -0.3 is 20.4 Å². The topological polar surface area (TPSA) is 69.9 Å². The molecule has 118 valence electrons. The molecule has 20 heavy (non-hydrogen) atoms. The molecule has 1 rings (SSSR count). The molecule has 0 radical (unpaired) electrons. The summed E-state index contributed by atoms with van der Waals surface area (Å²) >= 11 is 0. The largest absolute Gasteiger partial charge is 0.338 e. The molecule has 0 aromatic carbocycles. The molecule has 1 fully saturated rings. The number of carbonyl (C=O) groups is 2. The van der Waals surface area contributed by atoms with Crippen molar-refractivity contribution < 1.29 is 9.59 Å². The Labute approximate surface area is 127 Å². The highest BCUT2D eigenvalue weighted by Gasteiger charge is 2.31. The summed E-state index contributed by atoms with van der Waals surface area (Å²) in [5.74, 6) is -0.0533. The van der Waals surface area contributed by atoms with Crippen LogP contribution in [0.3, 0.4) is 0 Å². The van der Waals surface area contributed by atoms with Crippen LogP contribution in [0.4, 0.5) is 4.79 Å².